The second-order valence-electron chi connectivity index (χ2n) is 11.4. The Balaban J connectivity index is 5.01. The molecule has 2 N–H and O–H groups in total. The molecule has 0 spiro atoms. The van der Waals surface area contributed by atoms with Crippen LogP contribution in [0.15, 0.2) is 0 Å². The smallest absolute Gasteiger partial charge is 0.0558 e. The third-order valence-electron chi connectivity index (χ3n) is 7.90. The Morgan fingerprint density at radius 1 is 0.282 bits per heavy atom. The first kappa shape index (κ1) is 38.7. The number of nitrogens with zero attached hydrogens (tertiary/aromatic N) is 5. The Morgan fingerprint density at radius 3 is 0.615 bits per heavy atom. The van der Waals surface area contributed by atoms with E-state index in [1.807, 2.05) is 0 Å². The molecule has 39 heavy (non-hydrogen) atoms. The highest BCUT2D eigenvalue weighted by Crippen LogP contribution is 2.04. The average Bonchev–Trinajstić information content (AvgIpc) is 2.95. The topological polar surface area (TPSA) is 56.7 Å². The van der Waals surface area contributed by atoms with Gasteiger partial charge >= 0.3 is 0 Å². The molecule has 0 aliphatic heterocycles. The lowest BCUT2D eigenvalue weighted by molar-refractivity contribution is 0.138. The van der Waals surface area contributed by atoms with Gasteiger partial charge in [-0.15, -0.1) is 0 Å². The summed E-state index contributed by atoms with van der Waals surface area (Å²) in [6, 6.07) is 0. The second kappa shape index (κ2) is 29.2. The summed E-state index contributed by atoms with van der Waals surface area (Å²) in [6.45, 7) is 28.1. The molecule has 0 aromatic rings. The van der Waals surface area contributed by atoms with Crippen molar-refractivity contribution in [3.05, 3.63) is 0 Å². The van der Waals surface area contributed by atoms with E-state index in [-0.39, 0.29) is 13.2 Å². The van der Waals surface area contributed by atoms with Gasteiger partial charge in [-0.25, -0.2) is 0 Å². The molecule has 0 unspecified atom stereocenters. The van der Waals surface area contributed by atoms with Crippen LogP contribution in [0.2, 0.25) is 0 Å². The molecule has 0 heterocycles. The van der Waals surface area contributed by atoms with Crippen molar-refractivity contribution >= 4 is 0 Å². The van der Waals surface area contributed by atoms with Crippen LogP contribution in [0.1, 0.15) is 98.8 Å². The lowest BCUT2D eigenvalue weighted by Crippen LogP contribution is -2.44. The normalized spacial score (nSPS) is 12.3. The van der Waals surface area contributed by atoms with Gasteiger partial charge in [-0.2, -0.15) is 0 Å². The number of unbranched alkanes of at least 4 members (excludes halogenated alkanes) is 5. The Kier molecular flexibility index (Phi) is 29.0. The summed E-state index contributed by atoms with van der Waals surface area (Å²) >= 11 is 0. The van der Waals surface area contributed by atoms with Gasteiger partial charge in [0.15, 0.2) is 0 Å². The zero-order chi connectivity index (χ0) is 29.0. The maximum Gasteiger partial charge on any atom is 0.0558 e. The van der Waals surface area contributed by atoms with Gasteiger partial charge < -0.3 is 24.9 Å². The standard InChI is InChI=1S/C32H71N5O2/c1-6-11-16-33(21-23-34(17-12-7-2)25-27-36(29-31-38)19-14-9-4)22-24-35(18-13-8-3)26-28-37(30-32-39)20-15-10-5/h38-39H,6-32H2,1-5H3. The Bertz CT molecular complexity index is 447. The zero-order valence-corrected chi connectivity index (χ0v) is 27.2. The molecular formula is C32H71N5O2. The molecule has 0 aromatic carbocycles. The Labute approximate surface area is 244 Å². The van der Waals surface area contributed by atoms with E-state index in [0.717, 1.165) is 78.5 Å². The molecule has 0 aromatic heterocycles. The quantitative estimate of drug-likeness (QED) is 0.130. The van der Waals surface area contributed by atoms with Crippen LogP contribution in [-0.4, -0.2) is 146 Å². The van der Waals surface area contributed by atoms with Crippen molar-refractivity contribution in [1.29, 1.82) is 0 Å². The molecule has 0 aliphatic carbocycles. The van der Waals surface area contributed by atoms with E-state index in [0.29, 0.717) is 0 Å². The highest BCUT2D eigenvalue weighted by molar-refractivity contribution is 4.70. The summed E-state index contributed by atoms with van der Waals surface area (Å²) in [5.74, 6) is 0. The summed E-state index contributed by atoms with van der Waals surface area (Å²) < 4.78 is 0. The minimum absolute atomic E-state index is 0.258. The molecule has 0 saturated carbocycles. The largest absolute Gasteiger partial charge is 0.395 e. The highest BCUT2D eigenvalue weighted by atomic mass is 16.3. The van der Waals surface area contributed by atoms with Crippen molar-refractivity contribution in [2.24, 2.45) is 0 Å². The summed E-state index contributed by atoms with van der Waals surface area (Å²) in [5.41, 5.74) is 0. The van der Waals surface area contributed by atoms with E-state index in [9.17, 15) is 10.2 Å². The number of hydrogen-bond acceptors (Lipinski definition) is 7. The third kappa shape index (κ3) is 23.0. The predicted molar refractivity (Wildman–Crippen MR) is 171 cm³/mol. The van der Waals surface area contributed by atoms with Gasteiger partial charge in [-0.1, -0.05) is 66.7 Å². The number of rotatable bonds is 31. The van der Waals surface area contributed by atoms with Gasteiger partial charge in [0.1, 0.15) is 0 Å². The Morgan fingerprint density at radius 2 is 0.462 bits per heavy atom. The zero-order valence-electron chi connectivity index (χ0n) is 27.2. The van der Waals surface area contributed by atoms with Crippen LogP contribution in [-0.2, 0) is 0 Å². The molecule has 7 heteroatoms. The molecule has 0 amide bonds. The van der Waals surface area contributed by atoms with Crippen LogP contribution in [0.5, 0.6) is 0 Å². The van der Waals surface area contributed by atoms with Crippen molar-refractivity contribution in [3.63, 3.8) is 0 Å². The fourth-order valence-electron chi connectivity index (χ4n) is 5.00. The van der Waals surface area contributed by atoms with Gasteiger partial charge in [0.2, 0.25) is 0 Å². The number of hydrogen-bond donors (Lipinski definition) is 2. The third-order valence-corrected chi connectivity index (χ3v) is 7.90. The van der Waals surface area contributed by atoms with Crippen LogP contribution < -0.4 is 0 Å². The first-order valence-corrected chi connectivity index (χ1v) is 16.9. The van der Waals surface area contributed by atoms with Crippen LogP contribution in [0.3, 0.4) is 0 Å². The minimum Gasteiger partial charge on any atom is -0.395 e. The van der Waals surface area contributed by atoms with Gasteiger partial charge in [0, 0.05) is 65.4 Å². The van der Waals surface area contributed by atoms with Gasteiger partial charge in [0.05, 0.1) is 13.2 Å². The van der Waals surface area contributed by atoms with Crippen molar-refractivity contribution in [2.45, 2.75) is 98.8 Å². The molecule has 0 atom stereocenters. The minimum atomic E-state index is 0.258. The fourth-order valence-corrected chi connectivity index (χ4v) is 5.00. The Hall–Kier alpha value is -0.280. The fraction of sp³-hybridized carbons (Fsp3) is 1.00. The second-order valence-corrected chi connectivity index (χ2v) is 11.4. The molecule has 0 fully saturated rings. The molecule has 7 nitrogen and oxygen atoms in total. The summed E-state index contributed by atoms with van der Waals surface area (Å²) in [7, 11) is 0. The molecular weight excluding hydrogens is 486 g/mol. The molecule has 0 radical (unpaired) electrons. The monoisotopic (exact) mass is 558 g/mol. The number of aliphatic hydroxyl groups is 2. The van der Waals surface area contributed by atoms with Crippen LogP contribution >= 0.6 is 0 Å². The van der Waals surface area contributed by atoms with E-state index in [1.165, 1.54) is 83.8 Å². The van der Waals surface area contributed by atoms with Gasteiger partial charge in [-0.05, 0) is 64.8 Å². The molecule has 0 bridgehead atoms. The van der Waals surface area contributed by atoms with Crippen LogP contribution in [0, 0.1) is 0 Å². The summed E-state index contributed by atoms with van der Waals surface area (Å²) in [6.07, 6.45) is 12.4. The SMILES string of the molecule is CCCCN(CCO)CCN(CCCC)CCN(CCCC)CCN(CCCC)CCN(CCO)CCCC. The van der Waals surface area contributed by atoms with Crippen LogP contribution in [0.4, 0.5) is 0 Å². The summed E-state index contributed by atoms with van der Waals surface area (Å²) in [5, 5.41) is 19.0. The van der Waals surface area contributed by atoms with Crippen molar-refractivity contribution in [3.8, 4) is 0 Å². The predicted octanol–water partition coefficient (Wildman–Crippen LogP) is 4.48. The van der Waals surface area contributed by atoms with E-state index in [2.05, 4.69) is 59.1 Å². The highest BCUT2D eigenvalue weighted by Gasteiger charge is 2.14. The van der Waals surface area contributed by atoms with Gasteiger partial charge in [-0.3, -0.25) is 9.80 Å². The number of aliphatic hydroxyl groups excluding tert-OH is 2. The van der Waals surface area contributed by atoms with E-state index >= 15 is 0 Å². The van der Waals surface area contributed by atoms with Crippen molar-refractivity contribution in [2.75, 3.05) is 111 Å². The summed E-state index contributed by atoms with van der Waals surface area (Å²) in [4.78, 5) is 13.0. The van der Waals surface area contributed by atoms with Crippen molar-refractivity contribution in [1.82, 2.24) is 24.5 Å². The lowest BCUT2D eigenvalue weighted by Gasteiger charge is -2.32. The van der Waals surface area contributed by atoms with Gasteiger partial charge in [0.25, 0.3) is 0 Å². The lowest BCUT2D eigenvalue weighted by atomic mass is 10.2. The molecule has 0 saturated heterocycles. The maximum atomic E-state index is 9.51. The van der Waals surface area contributed by atoms with E-state index < -0.39 is 0 Å². The molecule has 236 valence electrons. The van der Waals surface area contributed by atoms with E-state index in [4.69, 9.17) is 0 Å². The molecule has 0 rings (SSSR count). The molecule has 0 aliphatic rings. The van der Waals surface area contributed by atoms with Crippen LogP contribution in [0.25, 0.3) is 0 Å². The maximum absolute atomic E-state index is 9.51. The van der Waals surface area contributed by atoms with Crippen molar-refractivity contribution < 1.29 is 10.2 Å². The first-order chi connectivity index (χ1) is 19.1. The first-order valence-electron chi connectivity index (χ1n) is 16.9. The van der Waals surface area contributed by atoms with E-state index in [1.54, 1.807) is 0 Å². The average molecular weight is 558 g/mol.